The lowest BCUT2D eigenvalue weighted by Gasteiger charge is -2.50. The van der Waals surface area contributed by atoms with Gasteiger partial charge in [0, 0.05) is 38.0 Å². The summed E-state index contributed by atoms with van der Waals surface area (Å²) in [5, 5.41) is 14.9. The zero-order chi connectivity index (χ0) is 33.2. The molecule has 2 saturated heterocycles. The van der Waals surface area contributed by atoms with Crippen LogP contribution in [0.15, 0.2) is 28.7 Å². The number of Topliss-reactive ketones (excluding diaryl/α,β-unsaturated/α-hetero) is 1. The Kier molecular flexibility index (Phi) is 9.83. The highest BCUT2D eigenvalue weighted by molar-refractivity contribution is 7.80. The number of nitrogens with one attached hydrogen (secondary N) is 1. The van der Waals surface area contributed by atoms with Gasteiger partial charge in [0.05, 0.1) is 11.5 Å². The van der Waals surface area contributed by atoms with Crippen LogP contribution in [0.4, 0.5) is 5.13 Å². The van der Waals surface area contributed by atoms with Gasteiger partial charge in [-0.25, -0.2) is 4.98 Å². The minimum atomic E-state index is -4.92. The summed E-state index contributed by atoms with van der Waals surface area (Å²) in [7, 11) is -4.92. The van der Waals surface area contributed by atoms with Crippen molar-refractivity contribution in [3.05, 3.63) is 40.4 Å². The van der Waals surface area contributed by atoms with E-state index in [9.17, 15) is 18.0 Å². The van der Waals surface area contributed by atoms with Crippen LogP contribution in [0.1, 0.15) is 43.5 Å². The van der Waals surface area contributed by atoms with Crippen molar-refractivity contribution >= 4 is 50.2 Å². The van der Waals surface area contributed by atoms with Gasteiger partial charge in [0.1, 0.15) is 18.1 Å². The molecule has 18 heteroatoms. The highest BCUT2D eigenvalue weighted by Gasteiger charge is 2.57. The average molecular weight is 679 g/mol. The molecule has 3 aliphatic rings. The number of anilines is 1. The van der Waals surface area contributed by atoms with Crippen LogP contribution >= 0.6 is 11.3 Å². The molecule has 2 aromatic rings. The number of guanidine groups is 1. The molecule has 6 N–H and O–H groups in total. The number of hydrogen-bond acceptors (Lipinski definition) is 13. The number of aromatic nitrogens is 1. The molecule has 5 rings (SSSR count). The number of ketones is 1. The molecule has 0 bridgehead atoms. The van der Waals surface area contributed by atoms with E-state index in [-0.39, 0.29) is 36.2 Å². The van der Waals surface area contributed by atoms with Gasteiger partial charge in [-0.3, -0.25) is 19.6 Å². The molecular weight excluding hydrogens is 640 g/mol. The highest BCUT2D eigenvalue weighted by atomic mass is 32.3. The Morgan fingerprint density at radius 3 is 2.67 bits per heavy atom. The Morgan fingerprint density at radius 2 is 2.02 bits per heavy atom. The second-order valence-electron chi connectivity index (χ2n) is 11.9. The van der Waals surface area contributed by atoms with Crippen LogP contribution in [0.25, 0.3) is 0 Å². The first-order chi connectivity index (χ1) is 21.8. The standard InChI is InChI=1S/C28H38N8O8S2/c1-28(2)21(25(38)36(28)44-46(39,40)41)12-23(37)24(22-16-45-26(30)32-22)33-43-10-9-42-20-4-3-19-15-35(8-6-18(19)11-20)27(31)34-7-5-17(13-29)14-34/h3-4,11,16-17,21,31H,5-10,12-15,29H2,1-2H3,(H2,30,32)(H,39,40,41)/b31-27?,33-24-/t17?,21-/m1/s1. The number of hydroxylamine groups is 2. The van der Waals surface area contributed by atoms with Gasteiger partial charge in [0.15, 0.2) is 29.2 Å². The molecule has 250 valence electrons. The van der Waals surface area contributed by atoms with E-state index in [1.165, 1.54) is 19.2 Å². The minimum Gasteiger partial charge on any atom is -0.490 e. The maximum atomic E-state index is 13.2. The molecule has 0 spiro atoms. The number of hydrogen-bond donors (Lipinski definition) is 4. The molecule has 0 saturated carbocycles. The zero-order valence-electron chi connectivity index (χ0n) is 25.5. The largest absolute Gasteiger partial charge is 0.490 e. The topological polar surface area (TPSA) is 227 Å². The van der Waals surface area contributed by atoms with Gasteiger partial charge >= 0.3 is 10.4 Å². The van der Waals surface area contributed by atoms with Crippen LogP contribution in [-0.2, 0) is 42.1 Å². The van der Waals surface area contributed by atoms with E-state index in [4.69, 9.17) is 31.0 Å². The van der Waals surface area contributed by atoms with Crippen LogP contribution in [0, 0.1) is 17.2 Å². The van der Waals surface area contributed by atoms with Gasteiger partial charge in [0.2, 0.25) is 0 Å². The number of ether oxygens (including phenoxy) is 1. The second kappa shape index (κ2) is 13.5. The summed E-state index contributed by atoms with van der Waals surface area (Å²) in [5.74, 6) is -0.660. The quantitative estimate of drug-likeness (QED) is 0.0615. The van der Waals surface area contributed by atoms with E-state index in [1.807, 2.05) is 18.2 Å². The lowest BCUT2D eigenvalue weighted by molar-refractivity contribution is -0.228. The lowest BCUT2D eigenvalue weighted by Crippen LogP contribution is -2.68. The average Bonchev–Trinajstić information content (AvgIpc) is 3.68. The maximum Gasteiger partial charge on any atom is 0.418 e. The number of likely N-dealkylation sites (tertiary alicyclic amines) is 1. The Labute approximate surface area is 270 Å². The lowest BCUT2D eigenvalue weighted by atomic mass is 9.74. The molecule has 16 nitrogen and oxygen atoms in total. The monoisotopic (exact) mass is 678 g/mol. The SMILES string of the molecule is CC1(C)[C@H](CC(=O)/C(=N\OCCOc2ccc3c(c2)CCN(C(=N)N2CCC(CN)C2)C3)c2csc(N)n2)C(=O)N1OS(=O)(=O)O. The fourth-order valence-electron chi connectivity index (χ4n) is 5.81. The summed E-state index contributed by atoms with van der Waals surface area (Å²) in [5.41, 5.74) is 12.7. The summed E-state index contributed by atoms with van der Waals surface area (Å²) in [4.78, 5) is 39.5. The summed E-state index contributed by atoms with van der Waals surface area (Å²) >= 11 is 1.10. The van der Waals surface area contributed by atoms with Crippen molar-refractivity contribution in [1.29, 1.82) is 5.41 Å². The van der Waals surface area contributed by atoms with Crippen molar-refractivity contribution in [2.24, 2.45) is 22.7 Å². The zero-order valence-corrected chi connectivity index (χ0v) is 27.2. The number of amides is 1. The van der Waals surface area contributed by atoms with Crippen LogP contribution in [0.3, 0.4) is 0 Å². The van der Waals surface area contributed by atoms with Crippen molar-refractivity contribution in [1.82, 2.24) is 19.8 Å². The van der Waals surface area contributed by atoms with Crippen molar-refractivity contribution in [3.8, 4) is 5.75 Å². The van der Waals surface area contributed by atoms with Crippen LogP contribution in [0.2, 0.25) is 0 Å². The van der Waals surface area contributed by atoms with Crippen LogP contribution in [0.5, 0.6) is 5.75 Å². The maximum absolute atomic E-state index is 13.2. The number of nitrogens with two attached hydrogens (primary N) is 2. The fourth-order valence-corrected chi connectivity index (χ4v) is 6.81. The number of benzene rings is 1. The van der Waals surface area contributed by atoms with E-state index < -0.39 is 33.5 Å². The molecule has 0 aliphatic carbocycles. The van der Waals surface area contributed by atoms with Gasteiger partial charge in [-0.05, 0) is 62.4 Å². The predicted octanol–water partition coefficient (Wildman–Crippen LogP) is 1.03. The number of thiazole rings is 1. The summed E-state index contributed by atoms with van der Waals surface area (Å²) in [6, 6.07) is 5.86. The summed E-state index contributed by atoms with van der Waals surface area (Å²) in [6.07, 6.45) is 1.46. The third-order valence-electron chi connectivity index (χ3n) is 8.47. The Bertz CT molecular complexity index is 1630. The number of carbonyl (C=O) groups is 2. The number of oxime groups is 1. The molecule has 2 atom stereocenters. The summed E-state index contributed by atoms with van der Waals surface area (Å²) in [6.45, 7) is 6.86. The Balaban J connectivity index is 1.14. The van der Waals surface area contributed by atoms with Crippen LogP contribution < -0.4 is 16.2 Å². The minimum absolute atomic E-state index is 0.00187. The Morgan fingerprint density at radius 1 is 1.24 bits per heavy atom. The number of carbonyl (C=O) groups excluding carboxylic acids is 2. The molecular formula is C28H38N8O8S2. The normalized spacial score (nSPS) is 21.2. The highest BCUT2D eigenvalue weighted by Crippen LogP contribution is 2.40. The summed E-state index contributed by atoms with van der Waals surface area (Å²) < 4.78 is 41.4. The third kappa shape index (κ3) is 7.41. The molecule has 46 heavy (non-hydrogen) atoms. The first-order valence-electron chi connectivity index (χ1n) is 14.8. The molecule has 1 unspecified atom stereocenters. The second-order valence-corrected chi connectivity index (χ2v) is 13.8. The number of nitrogens with zero attached hydrogens (tertiary/aromatic N) is 5. The smallest absolute Gasteiger partial charge is 0.418 e. The number of rotatable bonds is 12. The van der Waals surface area contributed by atoms with Crippen LogP contribution in [-0.4, -0.2) is 101 Å². The number of nitrogen functional groups attached to an aromatic ring is 1. The van der Waals surface area contributed by atoms with E-state index in [0.29, 0.717) is 35.8 Å². The molecule has 1 aromatic carbocycles. The Hall–Kier alpha value is -3.84. The first kappa shape index (κ1) is 33.5. The molecule has 1 aromatic heterocycles. The van der Waals surface area contributed by atoms with E-state index >= 15 is 0 Å². The van der Waals surface area contributed by atoms with E-state index in [2.05, 4.69) is 24.2 Å². The van der Waals surface area contributed by atoms with Gasteiger partial charge < -0.3 is 30.8 Å². The number of fused-ring (bicyclic) bond motifs is 1. The molecule has 0 radical (unpaired) electrons. The molecule has 2 fully saturated rings. The molecule has 3 aliphatic heterocycles. The number of β-lactam (4-membered cyclic amide) rings is 1. The third-order valence-corrected chi connectivity index (χ3v) is 9.48. The fraction of sp³-hybridized carbons (Fsp3) is 0.536. The van der Waals surface area contributed by atoms with E-state index in [1.54, 1.807) is 0 Å². The van der Waals surface area contributed by atoms with Gasteiger partial charge in [0.25, 0.3) is 5.91 Å². The predicted molar refractivity (Wildman–Crippen MR) is 168 cm³/mol. The van der Waals surface area contributed by atoms with E-state index in [0.717, 1.165) is 54.9 Å². The van der Waals surface area contributed by atoms with Gasteiger partial charge in [-0.2, -0.15) is 13.5 Å². The van der Waals surface area contributed by atoms with Crippen molar-refractivity contribution in [3.63, 3.8) is 0 Å². The van der Waals surface area contributed by atoms with Gasteiger partial charge in [-0.1, -0.05) is 11.2 Å². The first-order valence-corrected chi connectivity index (χ1v) is 17.0. The van der Waals surface area contributed by atoms with Gasteiger partial charge in [-0.15, -0.1) is 15.6 Å². The van der Waals surface area contributed by atoms with Crippen molar-refractivity contribution < 1.29 is 36.4 Å². The molecule has 4 heterocycles. The van der Waals surface area contributed by atoms with Crippen molar-refractivity contribution in [2.75, 3.05) is 45.1 Å². The van der Waals surface area contributed by atoms with Crippen molar-refractivity contribution in [2.45, 2.75) is 45.2 Å². The molecule has 1 amide bonds.